The molecule has 0 atom stereocenters. The summed E-state index contributed by atoms with van der Waals surface area (Å²) in [5.41, 5.74) is 5.64. The maximum atomic E-state index is 10.6. The van der Waals surface area contributed by atoms with Crippen molar-refractivity contribution >= 4 is 6.29 Å². The molecule has 2 heteroatoms. The summed E-state index contributed by atoms with van der Waals surface area (Å²) in [5, 5.41) is 0. The first-order chi connectivity index (χ1) is 8.07. The molecule has 0 saturated carbocycles. The van der Waals surface area contributed by atoms with E-state index < -0.39 is 0 Å². The van der Waals surface area contributed by atoms with Gasteiger partial charge < -0.3 is 4.74 Å². The van der Waals surface area contributed by atoms with Gasteiger partial charge >= 0.3 is 0 Å². The maximum Gasteiger partial charge on any atom is 0.150 e. The van der Waals surface area contributed by atoms with Crippen molar-refractivity contribution in [2.24, 2.45) is 0 Å². The molecule has 1 aliphatic heterocycles. The first-order valence-electron chi connectivity index (χ1n) is 6.18. The average Bonchev–Trinajstić information content (AvgIpc) is 2.90. The second kappa shape index (κ2) is 6.55. The zero-order valence-corrected chi connectivity index (χ0v) is 11.3. The van der Waals surface area contributed by atoms with Gasteiger partial charge in [0.05, 0.1) is 0 Å². The lowest BCUT2D eigenvalue weighted by molar-refractivity contribution is 0.112. The summed E-state index contributed by atoms with van der Waals surface area (Å²) in [6, 6.07) is 1.95. The zero-order valence-electron chi connectivity index (χ0n) is 11.3. The standard InChI is InChI=1S/C11H14O.C4H8O/c1-7-5-11(6-12)10(4)9(3)8(7)2;1-2-4-5-3-1/h5-6H,1-4H3;1-4H2. The molecule has 2 rings (SSSR count). The summed E-state index contributed by atoms with van der Waals surface area (Å²) in [7, 11) is 0. The fraction of sp³-hybridized carbons (Fsp3) is 0.533. The van der Waals surface area contributed by atoms with Gasteiger partial charge in [-0.25, -0.2) is 0 Å². The highest BCUT2D eigenvalue weighted by Gasteiger charge is 2.05. The fourth-order valence-corrected chi connectivity index (χ4v) is 1.88. The Morgan fingerprint density at radius 1 is 1.00 bits per heavy atom. The zero-order chi connectivity index (χ0) is 12.8. The van der Waals surface area contributed by atoms with Crippen LogP contribution in [0.2, 0.25) is 0 Å². The third-order valence-corrected chi connectivity index (χ3v) is 3.48. The second-order valence-electron chi connectivity index (χ2n) is 4.60. The van der Waals surface area contributed by atoms with E-state index >= 15 is 0 Å². The lowest BCUT2D eigenvalue weighted by atomic mass is 9.95. The Balaban J connectivity index is 0.000000239. The summed E-state index contributed by atoms with van der Waals surface area (Å²) < 4.78 is 4.94. The molecule has 0 aliphatic carbocycles. The van der Waals surface area contributed by atoms with E-state index in [9.17, 15) is 4.79 Å². The van der Waals surface area contributed by atoms with E-state index in [1.54, 1.807) is 0 Å². The van der Waals surface area contributed by atoms with E-state index in [1.165, 1.54) is 29.5 Å². The monoisotopic (exact) mass is 234 g/mol. The van der Waals surface area contributed by atoms with E-state index in [0.29, 0.717) is 0 Å². The van der Waals surface area contributed by atoms with Gasteiger partial charge in [-0.15, -0.1) is 0 Å². The molecule has 1 aromatic carbocycles. The molecule has 0 N–H and O–H groups in total. The highest BCUT2D eigenvalue weighted by atomic mass is 16.5. The van der Waals surface area contributed by atoms with Crippen LogP contribution in [0.1, 0.15) is 45.5 Å². The minimum absolute atomic E-state index is 0.815. The van der Waals surface area contributed by atoms with Gasteiger partial charge in [-0.2, -0.15) is 0 Å². The fourth-order valence-electron chi connectivity index (χ4n) is 1.88. The SMILES string of the molecule is C1CCOC1.Cc1cc(C=O)c(C)c(C)c1C. The highest BCUT2D eigenvalue weighted by Crippen LogP contribution is 2.19. The molecular weight excluding hydrogens is 212 g/mol. The van der Waals surface area contributed by atoms with E-state index in [-0.39, 0.29) is 0 Å². The summed E-state index contributed by atoms with van der Waals surface area (Å²) in [5.74, 6) is 0. The number of carbonyl (C=O) groups excluding carboxylic acids is 1. The van der Waals surface area contributed by atoms with Crippen LogP contribution in [0.4, 0.5) is 0 Å². The predicted octanol–water partition coefficient (Wildman–Crippen LogP) is 3.53. The minimum atomic E-state index is 0.815. The molecule has 0 radical (unpaired) electrons. The third-order valence-electron chi connectivity index (χ3n) is 3.48. The number of aryl methyl sites for hydroxylation is 1. The number of hydrogen-bond acceptors (Lipinski definition) is 2. The summed E-state index contributed by atoms with van der Waals surface area (Å²) >= 11 is 0. The molecule has 94 valence electrons. The molecule has 1 aliphatic rings. The van der Waals surface area contributed by atoms with Crippen LogP contribution in [0.15, 0.2) is 6.07 Å². The van der Waals surface area contributed by atoms with E-state index in [4.69, 9.17) is 4.74 Å². The molecule has 0 aromatic heterocycles. The van der Waals surface area contributed by atoms with Crippen molar-refractivity contribution in [2.45, 2.75) is 40.5 Å². The number of rotatable bonds is 1. The van der Waals surface area contributed by atoms with Gasteiger partial charge in [-0.3, -0.25) is 4.79 Å². The van der Waals surface area contributed by atoms with Crippen LogP contribution in [0, 0.1) is 27.7 Å². The Kier molecular flexibility index (Phi) is 5.36. The Bertz CT molecular complexity index is 383. The predicted molar refractivity (Wildman–Crippen MR) is 70.8 cm³/mol. The minimum Gasteiger partial charge on any atom is -0.381 e. The summed E-state index contributed by atoms with van der Waals surface area (Å²) in [6.45, 7) is 10.2. The van der Waals surface area contributed by atoms with Gasteiger partial charge in [0, 0.05) is 18.8 Å². The van der Waals surface area contributed by atoms with Crippen LogP contribution in [0.25, 0.3) is 0 Å². The smallest absolute Gasteiger partial charge is 0.150 e. The highest BCUT2D eigenvalue weighted by molar-refractivity contribution is 5.78. The topological polar surface area (TPSA) is 26.3 Å². The normalized spacial score (nSPS) is 14.1. The van der Waals surface area contributed by atoms with Crippen molar-refractivity contribution in [1.82, 2.24) is 0 Å². The molecule has 1 heterocycles. The number of hydrogen-bond donors (Lipinski definition) is 0. The molecular formula is C15H22O2. The number of carbonyl (C=O) groups is 1. The van der Waals surface area contributed by atoms with Crippen LogP contribution >= 0.6 is 0 Å². The van der Waals surface area contributed by atoms with E-state index in [0.717, 1.165) is 30.6 Å². The first-order valence-corrected chi connectivity index (χ1v) is 6.18. The number of aldehydes is 1. The van der Waals surface area contributed by atoms with Crippen molar-refractivity contribution < 1.29 is 9.53 Å². The molecule has 1 aromatic rings. The van der Waals surface area contributed by atoms with E-state index in [2.05, 4.69) is 13.8 Å². The van der Waals surface area contributed by atoms with Crippen molar-refractivity contribution in [3.8, 4) is 0 Å². The summed E-state index contributed by atoms with van der Waals surface area (Å²) in [4.78, 5) is 10.6. The Hall–Kier alpha value is -1.15. The second-order valence-corrected chi connectivity index (χ2v) is 4.60. The van der Waals surface area contributed by atoms with E-state index in [1.807, 2.05) is 19.9 Å². The van der Waals surface area contributed by atoms with Gasteiger partial charge in [0.2, 0.25) is 0 Å². The van der Waals surface area contributed by atoms with Gasteiger partial charge in [-0.1, -0.05) is 0 Å². The molecule has 1 fully saturated rings. The van der Waals surface area contributed by atoms with Crippen LogP contribution in [-0.4, -0.2) is 19.5 Å². The van der Waals surface area contributed by atoms with Crippen molar-refractivity contribution in [2.75, 3.05) is 13.2 Å². The molecule has 0 amide bonds. The van der Waals surface area contributed by atoms with Crippen LogP contribution < -0.4 is 0 Å². The van der Waals surface area contributed by atoms with Gasteiger partial charge in [-0.05, 0) is 68.9 Å². The first kappa shape index (κ1) is 13.9. The molecule has 0 spiro atoms. The lowest BCUT2D eigenvalue weighted by Gasteiger charge is -2.09. The average molecular weight is 234 g/mol. The third kappa shape index (κ3) is 3.67. The van der Waals surface area contributed by atoms with Gasteiger partial charge in [0.15, 0.2) is 0 Å². The maximum absolute atomic E-state index is 10.6. The Morgan fingerprint density at radius 2 is 1.59 bits per heavy atom. The van der Waals surface area contributed by atoms with Crippen molar-refractivity contribution in [1.29, 1.82) is 0 Å². The largest absolute Gasteiger partial charge is 0.381 e. The van der Waals surface area contributed by atoms with Crippen molar-refractivity contribution in [3.63, 3.8) is 0 Å². The van der Waals surface area contributed by atoms with Crippen LogP contribution in [0.3, 0.4) is 0 Å². The molecule has 1 saturated heterocycles. The molecule has 0 bridgehead atoms. The molecule has 17 heavy (non-hydrogen) atoms. The lowest BCUT2D eigenvalue weighted by Crippen LogP contribution is -1.96. The quantitative estimate of drug-likeness (QED) is 0.695. The van der Waals surface area contributed by atoms with Crippen molar-refractivity contribution in [3.05, 3.63) is 33.9 Å². The van der Waals surface area contributed by atoms with Gasteiger partial charge in [0.1, 0.15) is 6.29 Å². The number of ether oxygens (including phenoxy) is 1. The molecule has 0 unspecified atom stereocenters. The summed E-state index contributed by atoms with van der Waals surface area (Å²) in [6.07, 6.45) is 3.48. The van der Waals surface area contributed by atoms with Gasteiger partial charge in [0.25, 0.3) is 0 Å². The van der Waals surface area contributed by atoms with Crippen LogP contribution in [-0.2, 0) is 4.74 Å². The number of benzene rings is 1. The van der Waals surface area contributed by atoms with Crippen LogP contribution in [0.5, 0.6) is 0 Å². The Morgan fingerprint density at radius 3 is 2.00 bits per heavy atom. The molecule has 2 nitrogen and oxygen atoms in total. The Labute approximate surface area is 104 Å².